The largest absolute Gasteiger partial charge is 0.323 e. The summed E-state index contributed by atoms with van der Waals surface area (Å²) in [5, 5.41) is 3.65. The lowest BCUT2D eigenvalue weighted by atomic mass is 10.1. The fraction of sp³-hybridized carbons (Fsp3) is 0.385. The van der Waals surface area contributed by atoms with Crippen molar-refractivity contribution in [2.75, 3.05) is 0 Å². The quantitative estimate of drug-likeness (QED) is 0.462. The Morgan fingerprint density at radius 1 is 1.00 bits per heavy atom. The zero-order valence-electron chi connectivity index (χ0n) is 10.6. The molecule has 0 fully saturated rings. The number of benzene rings is 1. The minimum Gasteiger partial charge on any atom is -0.323 e. The van der Waals surface area contributed by atoms with Gasteiger partial charge < -0.3 is 5.84 Å². The van der Waals surface area contributed by atoms with E-state index >= 15 is 0 Å². The Morgan fingerprint density at radius 2 is 1.50 bits per heavy atom. The van der Waals surface area contributed by atoms with Gasteiger partial charge in [0.2, 0.25) is 0 Å². The van der Waals surface area contributed by atoms with Crippen LogP contribution in [0, 0.1) is 20.8 Å². The fourth-order valence-corrected chi connectivity index (χ4v) is 1.69. The van der Waals surface area contributed by atoms with Gasteiger partial charge in [-0.1, -0.05) is 17.7 Å². The Hall–Kier alpha value is -1.64. The van der Waals surface area contributed by atoms with Crippen LogP contribution in [0.25, 0.3) is 0 Å². The summed E-state index contributed by atoms with van der Waals surface area (Å²) in [6.07, 6.45) is 0. The number of aryl methyl sites for hydroxylation is 3. The molecule has 2 N–H and O–H groups in total. The molecule has 0 atom stereocenters. The maximum absolute atomic E-state index is 5.23. The molecule has 0 amide bonds. The molecule has 0 aliphatic heterocycles. The topological polar surface area (TPSA) is 50.7 Å². The van der Waals surface area contributed by atoms with E-state index in [2.05, 4.69) is 43.0 Å². The number of nitrogens with two attached hydrogens (primary N) is 1. The van der Waals surface area contributed by atoms with E-state index < -0.39 is 0 Å². The van der Waals surface area contributed by atoms with E-state index in [0.717, 1.165) is 17.1 Å². The Bertz CT molecular complexity index is 433. The lowest BCUT2D eigenvalue weighted by molar-refractivity contribution is 1.24. The first-order chi connectivity index (χ1) is 7.45. The average molecular weight is 217 g/mol. The van der Waals surface area contributed by atoms with Crippen LogP contribution in [0.4, 0.5) is 5.69 Å². The number of aliphatic imine (C=N–C) groups is 1. The molecular formula is C13H19N3. The maximum atomic E-state index is 5.23. The number of rotatable bonds is 2. The van der Waals surface area contributed by atoms with E-state index in [9.17, 15) is 0 Å². The molecule has 0 aromatic heterocycles. The van der Waals surface area contributed by atoms with Gasteiger partial charge in [-0.25, -0.2) is 0 Å². The van der Waals surface area contributed by atoms with Crippen LogP contribution < -0.4 is 5.84 Å². The highest BCUT2D eigenvalue weighted by atomic mass is 15.1. The van der Waals surface area contributed by atoms with Crippen molar-refractivity contribution in [2.45, 2.75) is 34.6 Å². The Labute approximate surface area is 97.1 Å². The zero-order valence-corrected chi connectivity index (χ0v) is 10.6. The minimum atomic E-state index is 0.763. The molecule has 0 aliphatic rings. The number of hydrogen-bond acceptors (Lipinski definition) is 3. The van der Waals surface area contributed by atoms with Gasteiger partial charge in [-0.05, 0) is 45.7 Å². The number of hydrazone groups is 1. The maximum Gasteiger partial charge on any atom is 0.0781 e. The van der Waals surface area contributed by atoms with Crippen molar-refractivity contribution in [3.05, 3.63) is 28.8 Å². The highest BCUT2D eigenvalue weighted by Crippen LogP contribution is 2.25. The molecule has 0 saturated carbocycles. The summed E-state index contributed by atoms with van der Waals surface area (Å²) in [6, 6.07) is 4.27. The summed E-state index contributed by atoms with van der Waals surface area (Å²) in [5.41, 5.74) is 6.27. The Kier molecular flexibility index (Phi) is 3.82. The molecule has 3 heteroatoms. The highest BCUT2D eigenvalue weighted by Gasteiger charge is 2.04. The van der Waals surface area contributed by atoms with Gasteiger partial charge in [-0.15, -0.1) is 0 Å². The van der Waals surface area contributed by atoms with Gasteiger partial charge in [-0.2, -0.15) is 5.10 Å². The van der Waals surface area contributed by atoms with Crippen LogP contribution in [0.3, 0.4) is 0 Å². The van der Waals surface area contributed by atoms with E-state index in [-0.39, 0.29) is 0 Å². The van der Waals surface area contributed by atoms with Crippen molar-refractivity contribution in [1.82, 2.24) is 0 Å². The van der Waals surface area contributed by atoms with Crippen molar-refractivity contribution in [1.29, 1.82) is 0 Å². The van der Waals surface area contributed by atoms with Crippen LogP contribution in [-0.2, 0) is 0 Å². The molecule has 3 nitrogen and oxygen atoms in total. The SMILES string of the molecule is CC(=Nc1c(C)cc(C)cc1C)/C(C)=N\N. The predicted molar refractivity (Wildman–Crippen MR) is 70.7 cm³/mol. The molecule has 0 unspecified atom stereocenters. The highest BCUT2D eigenvalue weighted by molar-refractivity contribution is 6.41. The molecule has 0 aliphatic carbocycles. The van der Waals surface area contributed by atoms with Crippen LogP contribution >= 0.6 is 0 Å². The standard InChI is InChI=1S/C13H19N3/c1-8-6-9(2)13(10(3)7-8)15-11(4)12(5)16-14/h6-7H,14H2,1-5H3/b15-11?,16-12-. The second kappa shape index (κ2) is 4.92. The van der Waals surface area contributed by atoms with Gasteiger partial charge in [0.15, 0.2) is 0 Å². The third kappa shape index (κ3) is 2.69. The normalized spacial score (nSPS) is 13.1. The van der Waals surface area contributed by atoms with Crippen LogP contribution in [0.5, 0.6) is 0 Å². The predicted octanol–water partition coefficient (Wildman–Crippen LogP) is 3.04. The van der Waals surface area contributed by atoms with Crippen LogP contribution in [0.2, 0.25) is 0 Å². The summed E-state index contributed by atoms with van der Waals surface area (Å²) >= 11 is 0. The number of nitrogens with zero attached hydrogens (tertiary/aromatic N) is 2. The molecule has 1 rings (SSSR count). The molecule has 16 heavy (non-hydrogen) atoms. The summed E-state index contributed by atoms with van der Waals surface area (Å²) in [4.78, 5) is 4.58. The monoisotopic (exact) mass is 217 g/mol. The van der Waals surface area contributed by atoms with Crippen molar-refractivity contribution >= 4 is 17.1 Å². The van der Waals surface area contributed by atoms with E-state index in [1.807, 2.05) is 13.8 Å². The molecule has 0 saturated heterocycles. The van der Waals surface area contributed by atoms with Crippen LogP contribution in [0.1, 0.15) is 30.5 Å². The van der Waals surface area contributed by atoms with Gasteiger partial charge in [0.1, 0.15) is 0 Å². The number of hydrogen-bond donors (Lipinski definition) is 1. The third-order valence-electron chi connectivity index (χ3n) is 2.63. The Morgan fingerprint density at radius 3 is 1.94 bits per heavy atom. The first-order valence-electron chi connectivity index (χ1n) is 5.33. The third-order valence-corrected chi connectivity index (χ3v) is 2.63. The minimum absolute atomic E-state index is 0.763. The van der Waals surface area contributed by atoms with Crippen molar-refractivity contribution in [3.8, 4) is 0 Å². The van der Waals surface area contributed by atoms with Crippen LogP contribution in [0.15, 0.2) is 22.2 Å². The van der Waals surface area contributed by atoms with E-state index in [4.69, 9.17) is 5.84 Å². The Balaban J connectivity index is 3.25. The summed E-state index contributed by atoms with van der Waals surface area (Å²) in [6.45, 7) is 10.0. The summed E-state index contributed by atoms with van der Waals surface area (Å²) in [7, 11) is 0. The van der Waals surface area contributed by atoms with E-state index in [0.29, 0.717) is 0 Å². The lowest BCUT2D eigenvalue weighted by Gasteiger charge is -2.08. The van der Waals surface area contributed by atoms with Crippen LogP contribution in [-0.4, -0.2) is 11.4 Å². The second-order valence-corrected chi connectivity index (χ2v) is 4.16. The van der Waals surface area contributed by atoms with Crippen molar-refractivity contribution < 1.29 is 0 Å². The van der Waals surface area contributed by atoms with Crippen molar-refractivity contribution in [2.24, 2.45) is 15.9 Å². The average Bonchev–Trinajstić information content (AvgIpc) is 2.21. The van der Waals surface area contributed by atoms with Gasteiger partial charge in [0, 0.05) is 0 Å². The molecule has 0 heterocycles. The molecule has 1 aromatic carbocycles. The van der Waals surface area contributed by atoms with Gasteiger partial charge in [-0.3, -0.25) is 4.99 Å². The molecule has 1 aromatic rings. The summed E-state index contributed by atoms with van der Waals surface area (Å²) in [5.74, 6) is 5.23. The van der Waals surface area contributed by atoms with E-state index in [1.54, 1.807) is 0 Å². The van der Waals surface area contributed by atoms with Gasteiger partial charge in [0.05, 0.1) is 17.1 Å². The van der Waals surface area contributed by atoms with E-state index in [1.165, 1.54) is 16.7 Å². The first kappa shape index (κ1) is 12.4. The fourth-order valence-electron chi connectivity index (χ4n) is 1.69. The van der Waals surface area contributed by atoms with Gasteiger partial charge >= 0.3 is 0 Å². The van der Waals surface area contributed by atoms with Gasteiger partial charge in [0.25, 0.3) is 0 Å². The smallest absolute Gasteiger partial charge is 0.0781 e. The van der Waals surface area contributed by atoms with Crippen molar-refractivity contribution in [3.63, 3.8) is 0 Å². The molecule has 0 spiro atoms. The molecule has 0 radical (unpaired) electrons. The zero-order chi connectivity index (χ0) is 12.3. The molecule has 86 valence electrons. The lowest BCUT2D eigenvalue weighted by Crippen LogP contribution is -2.08. The summed E-state index contributed by atoms with van der Waals surface area (Å²) < 4.78 is 0. The molecule has 0 bridgehead atoms. The first-order valence-corrected chi connectivity index (χ1v) is 5.33. The second-order valence-electron chi connectivity index (χ2n) is 4.16. The molecular weight excluding hydrogens is 198 g/mol.